The lowest BCUT2D eigenvalue weighted by Gasteiger charge is -2.26. The van der Waals surface area contributed by atoms with Gasteiger partial charge in [0.2, 0.25) is 0 Å². The third-order valence-electron chi connectivity index (χ3n) is 6.64. The number of nitrogens with one attached hydrogen (secondary N) is 1. The number of morpholine rings is 1. The first kappa shape index (κ1) is 26.1. The van der Waals surface area contributed by atoms with Gasteiger partial charge in [-0.1, -0.05) is 0 Å². The first-order valence-corrected chi connectivity index (χ1v) is 13.1. The summed E-state index contributed by atoms with van der Waals surface area (Å²) in [5.41, 5.74) is -3.21. The van der Waals surface area contributed by atoms with Gasteiger partial charge in [0.15, 0.2) is 0 Å². The predicted molar refractivity (Wildman–Crippen MR) is 124 cm³/mol. The van der Waals surface area contributed by atoms with Crippen LogP contribution >= 0.6 is 0 Å². The molecule has 202 valence electrons. The SMILES string of the molecule is O=C(NN1CCOCC1)c1cc(CN2C(=O)N(c3ccc(S(=O)(=O)C(F)(F)F)cc3)C(=O)C23CC3)ccn1. The zero-order chi connectivity index (χ0) is 27.3. The van der Waals surface area contributed by atoms with Gasteiger partial charge in [-0.25, -0.2) is 23.1 Å². The Morgan fingerprint density at radius 3 is 2.34 bits per heavy atom. The van der Waals surface area contributed by atoms with Crippen molar-refractivity contribution in [1.82, 2.24) is 20.3 Å². The Morgan fingerprint density at radius 2 is 1.74 bits per heavy atom. The molecular formula is C23H22F3N5O6S. The number of sulfone groups is 1. The maximum absolute atomic E-state index is 13.3. The van der Waals surface area contributed by atoms with E-state index in [1.165, 1.54) is 17.2 Å². The summed E-state index contributed by atoms with van der Waals surface area (Å²) in [6.07, 6.45) is 2.21. The third kappa shape index (κ3) is 4.50. The molecule has 2 aromatic rings. The fraction of sp³-hybridized carbons (Fsp3) is 0.391. The van der Waals surface area contributed by atoms with Crippen LogP contribution < -0.4 is 10.3 Å². The van der Waals surface area contributed by atoms with Gasteiger partial charge in [0.05, 0.1) is 23.8 Å². The molecule has 0 unspecified atom stereocenters. The number of anilines is 1. The van der Waals surface area contributed by atoms with Gasteiger partial charge in [0, 0.05) is 25.8 Å². The van der Waals surface area contributed by atoms with Crippen LogP contribution in [0.25, 0.3) is 0 Å². The van der Waals surface area contributed by atoms with Crippen LogP contribution in [0, 0.1) is 0 Å². The summed E-state index contributed by atoms with van der Waals surface area (Å²) in [7, 11) is -5.57. The maximum Gasteiger partial charge on any atom is 0.501 e. The average molecular weight is 554 g/mol. The van der Waals surface area contributed by atoms with Gasteiger partial charge in [-0.3, -0.25) is 20.0 Å². The van der Waals surface area contributed by atoms with Gasteiger partial charge in [-0.2, -0.15) is 13.2 Å². The van der Waals surface area contributed by atoms with Gasteiger partial charge in [0.1, 0.15) is 11.2 Å². The van der Waals surface area contributed by atoms with E-state index in [1.54, 1.807) is 11.1 Å². The van der Waals surface area contributed by atoms with Crippen LogP contribution in [0.4, 0.5) is 23.7 Å². The zero-order valence-corrected chi connectivity index (χ0v) is 20.6. The molecule has 1 aliphatic carbocycles. The van der Waals surface area contributed by atoms with E-state index in [0.29, 0.717) is 56.8 Å². The van der Waals surface area contributed by atoms with E-state index in [9.17, 15) is 36.0 Å². The number of carbonyl (C=O) groups is 3. The number of nitrogens with zero attached hydrogens (tertiary/aromatic N) is 4. The normalized spacial score (nSPS) is 19.8. The molecule has 1 aromatic carbocycles. The molecule has 5 rings (SSSR count). The molecule has 11 nitrogen and oxygen atoms in total. The van der Waals surface area contributed by atoms with Crippen LogP contribution in [-0.4, -0.2) is 78.5 Å². The van der Waals surface area contributed by atoms with Crippen LogP contribution in [0.3, 0.4) is 0 Å². The topological polar surface area (TPSA) is 129 Å². The molecule has 3 fully saturated rings. The Labute approximate surface area is 215 Å². The lowest BCUT2D eigenvalue weighted by molar-refractivity contribution is -0.120. The number of rotatable bonds is 6. The summed E-state index contributed by atoms with van der Waals surface area (Å²) >= 11 is 0. The van der Waals surface area contributed by atoms with Gasteiger partial charge in [-0.15, -0.1) is 0 Å². The van der Waals surface area contributed by atoms with Gasteiger partial charge < -0.3 is 9.64 Å². The van der Waals surface area contributed by atoms with Gasteiger partial charge in [0.25, 0.3) is 21.7 Å². The van der Waals surface area contributed by atoms with E-state index >= 15 is 0 Å². The number of hydrogen-bond acceptors (Lipinski definition) is 8. The second-order valence-corrected chi connectivity index (χ2v) is 11.0. The first-order chi connectivity index (χ1) is 17.9. The Bertz CT molecular complexity index is 1390. The van der Waals surface area contributed by atoms with Gasteiger partial charge >= 0.3 is 11.5 Å². The number of alkyl halides is 3. The number of carbonyl (C=O) groups excluding carboxylic acids is 3. The minimum absolute atomic E-state index is 0.0119. The van der Waals surface area contributed by atoms with Gasteiger partial charge in [-0.05, 0) is 54.8 Å². The summed E-state index contributed by atoms with van der Waals surface area (Å²) < 4.78 is 67.1. The standard InChI is InChI=1S/C23H22F3N5O6S/c24-23(25,26)38(35,36)17-3-1-16(2-4-17)31-20(33)22(6-7-22)30(21(31)34)14-15-5-8-27-18(13-15)19(32)28-29-9-11-37-12-10-29/h1-5,8,13H,6-7,9-12,14H2,(H,28,32). The highest BCUT2D eigenvalue weighted by Gasteiger charge is 2.65. The summed E-state index contributed by atoms with van der Waals surface area (Å²) in [5.74, 6) is -0.984. The number of pyridine rings is 1. The zero-order valence-electron chi connectivity index (χ0n) is 19.8. The Kier molecular flexibility index (Phi) is 6.39. The van der Waals surface area contributed by atoms with Crippen molar-refractivity contribution in [3.8, 4) is 0 Å². The molecule has 1 saturated carbocycles. The van der Waals surface area contributed by atoms with Crippen molar-refractivity contribution >= 4 is 33.4 Å². The molecular weight excluding hydrogens is 531 g/mol. The van der Waals surface area contributed by atoms with Crippen LogP contribution in [0.15, 0.2) is 47.5 Å². The van der Waals surface area contributed by atoms with Crippen LogP contribution in [0.2, 0.25) is 0 Å². The van der Waals surface area contributed by atoms with Crippen molar-refractivity contribution < 1.29 is 40.7 Å². The molecule has 1 spiro atoms. The minimum Gasteiger partial charge on any atom is -0.379 e. The highest BCUT2D eigenvalue weighted by molar-refractivity contribution is 7.92. The third-order valence-corrected chi connectivity index (χ3v) is 8.14. The van der Waals surface area contributed by atoms with Crippen molar-refractivity contribution in [2.45, 2.75) is 35.3 Å². The van der Waals surface area contributed by atoms with E-state index in [-0.39, 0.29) is 17.9 Å². The number of urea groups is 1. The molecule has 3 heterocycles. The highest BCUT2D eigenvalue weighted by atomic mass is 32.2. The molecule has 38 heavy (non-hydrogen) atoms. The quantitative estimate of drug-likeness (QED) is 0.537. The molecule has 0 atom stereocenters. The largest absolute Gasteiger partial charge is 0.501 e. The molecule has 1 N–H and O–H groups in total. The second kappa shape index (κ2) is 9.32. The maximum atomic E-state index is 13.3. The molecule has 2 aliphatic heterocycles. The highest BCUT2D eigenvalue weighted by Crippen LogP contribution is 2.49. The number of benzene rings is 1. The summed E-state index contributed by atoms with van der Waals surface area (Å²) in [6.45, 7) is 2.01. The fourth-order valence-corrected chi connectivity index (χ4v) is 5.19. The predicted octanol–water partition coefficient (Wildman–Crippen LogP) is 1.85. The summed E-state index contributed by atoms with van der Waals surface area (Å²) in [4.78, 5) is 44.5. The lowest BCUT2D eigenvalue weighted by Crippen LogP contribution is -2.48. The Morgan fingerprint density at radius 1 is 1.08 bits per heavy atom. The molecule has 15 heteroatoms. The summed E-state index contributed by atoms with van der Waals surface area (Å²) in [6, 6.07) is 5.84. The molecule has 3 aliphatic rings. The molecule has 2 saturated heterocycles. The van der Waals surface area contributed by atoms with E-state index in [1.807, 2.05) is 0 Å². The minimum atomic E-state index is -5.57. The lowest BCUT2D eigenvalue weighted by atomic mass is 10.1. The van der Waals surface area contributed by atoms with Crippen LogP contribution in [0.1, 0.15) is 28.9 Å². The van der Waals surface area contributed by atoms with E-state index in [0.717, 1.165) is 17.0 Å². The number of imide groups is 1. The molecule has 1 aromatic heterocycles. The van der Waals surface area contributed by atoms with Crippen LogP contribution in [0.5, 0.6) is 0 Å². The van der Waals surface area contributed by atoms with Crippen molar-refractivity contribution in [2.24, 2.45) is 0 Å². The van der Waals surface area contributed by atoms with E-state index in [2.05, 4.69) is 10.4 Å². The number of ether oxygens (including phenoxy) is 1. The molecule has 0 bridgehead atoms. The fourth-order valence-electron chi connectivity index (χ4n) is 4.43. The first-order valence-electron chi connectivity index (χ1n) is 11.6. The van der Waals surface area contributed by atoms with Crippen molar-refractivity contribution in [3.05, 3.63) is 53.9 Å². The second-order valence-electron chi connectivity index (χ2n) is 9.07. The average Bonchev–Trinajstić information content (AvgIpc) is 3.66. The van der Waals surface area contributed by atoms with Crippen molar-refractivity contribution in [3.63, 3.8) is 0 Å². The number of hydrogen-bond donors (Lipinski definition) is 1. The van der Waals surface area contributed by atoms with Crippen molar-refractivity contribution in [1.29, 1.82) is 0 Å². The number of amides is 4. The smallest absolute Gasteiger partial charge is 0.379 e. The van der Waals surface area contributed by atoms with E-state index in [4.69, 9.17) is 4.74 Å². The molecule has 0 radical (unpaired) electrons. The monoisotopic (exact) mass is 553 g/mol. The Balaban J connectivity index is 1.34. The van der Waals surface area contributed by atoms with Crippen molar-refractivity contribution in [2.75, 3.05) is 31.2 Å². The van der Waals surface area contributed by atoms with Crippen LogP contribution in [-0.2, 0) is 25.9 Å². The number of hydrazine groups is 1. The number of halogens is 3. The molecule has 4 amide bonds. The summed E-state index contributed by atoms with van der Waals surface area (Å²) in [5, 5.41) is 1.71. The number of aromatic nitrogens is 1. The Hall–Kier alpha value is -3.56. The van der Waals surface area contributed by atoms with E-state index < -0.39 is 43.6 Å².